The van der Waals surface area contributed by atoms with Gasteiger partial charge in [0, 0.05) is 17.1 Å². The topological polar surface area (TPSA) is 21.3 Å². The van der Waals surface area contributed by atoms with E-state index in [1.807, 2.05) is 24.3 Å². The Balaban J connectivity index is 1.62. The van der Waals surface area contributed by atoms with E-state index >= 15 is 0 Å². The number of ether oxygens (including phenoxy) is 1. The van der Waals surface area contributed by atoms with E-state index < -0.39 is 0 Å². The van der Waals surface area contributed by atoms with Crippen LogP contribution in [0.3, 0.4) is 0 Å². The maximum absolute atomic E-state index is 5.72. The van der Waals surface area contributed by atoms with E-state index in [9.17, 15) is 0 Å². The number of hydrogen-bond donors (Lipinski definition) is 1. The van der Waals surface area contributed by atoms with Crippen molar-refractivity contribution in [3.05, 3.63) is 28.7 Å². The quantitative estimate of drug-likeness (QED) is 0.640. The molecule has 2 atom stereocenters. The van der Waals surface area contributed by atoms with Crippen LogP contribution < -0.4 is 10.1 Å². The first-order valence-corrected chi connectivity index (χ1v) is 8.15. The first kappa shape index (κ1) is 14.9. The molecular weight excluding hydrogens is 302 g/mol. The highest BCUT2D eigenvalue weighted by molar-refractivity contribution is 9.10. The van der Waals surface area contributed by atoms with Gasteiger partial charge in [-0.3, -0.25) is 0 Å². The van der Waals surface area contributed by atoms with Crippen molar-refractivity contribution in [3.8, 4) is 5.75 Å². The highest BCUT2D eigenvalue weighted by atomic mass is 79.9. The highest BCUT2D eigenvalue weighted by Crippen LogP contribution is 2.22. The van der Waals surface area contributed by atoms with Crippen LogP contribution in [0.15, 0.2) is 28.7 Å². The van der Waals surface area contributed by atoms with Gasteiger partial charge in [-0.25, -0.2) is 0 Å². The minimum Gasteiger partial charge on any atom is -0.492 e. The van der Waals surface area contributed by atoms with E-state index in [4.69, 9.17) is 4.74 Å². The van der Waals surface area contributed by atoms with E-state index in [-0.39, 0.29) is 0 Å². The zero-order valence-electron chi connectivity index (χ0n) is 11.7. The number of rotatable bonds is 5. The van der Waals surface area contributed by atoms with Crippen molar-refractivity contribution in [1.29, 1.82) is 0 Å². The molecule has 1 fully saturated rings. The van der Waals surface area contributed by atoms with Gasteiger partial charge in [-0.15, -0.1) is 0 Å². The minimum absolute atomic E-state index is 0.693. The molecule has 1 saturated carbocycles. The maximum Gasteiger partial charge on any atom is 0.119 e. The van der Waals surface area contributed by atoms with Gasteiger partial charge in [0.15, 0.2) is 0 Å². The van der Waals surface area contributed by atoms with E-state index in [1.54, 1.807) is 0 Å². The van der Waals surface area contributed by atoms with E-state index in [2.05, 4.69) is 28.2 Å². The summed E-state index contributed by atoms with van der Waals surface area (Å²) in [5.74, 6) is 1.85. The Labute approximate surface area is 125 Å². The van der Waals surface area contributed by atoms with Crippen LogP contribution in [-0.4, -0.2) is 19.2 Å². The Bertz CT molecular complexity index is 366. The lowest BCUT2D eigenvalue weighted by Gasteiger charge is -2.16. The predicted molar refractivity (Wildman–Crippen MR) is 83.7 cm³/mol. The summed E-state index contributed by atoms with van der Waals surface area (Å²) in [5, 5.41) is 3.63. The molecule has 1 aliphatic carbocycles. The fourth-order valence-corrected chi connectivity index (χ4v) is 2.92. The SMILES string of the molecule is CC1CCCC(NCCOc2ccc(Br)cc2)CC1. The Morgan fingerprint density at radius 1 is 1.16 bits per heavy atom. The van der Waals surface area contributed by atoms with Gasteiger partial charge in [0.2, 0.25) is 0 Å². The van der Waals surface area contributed by atoms with Gasteiger partial charge in [0.1, 0.15) is 12.4 Å². The second-order valence-electron chi connectivity index (χ2n) is 5.57. The summed E-state index contributed by atoms with van der Waals surface area (Å²) in [6, 6.07) is 8.71. The fourth-order valence-electron chi connectivity index (χ4n) is 2.65. The van der Waals surface area contributed by atoms with Crippen LogP contribution in [0.25, 0.3) is 0 Å². The average molecular weight is 326 g/mol. The Hall–Kier alpha value is -0.540. The minimum atomic E-state index is 0.693. The predicted octanol–water partition coefficient (Wildman–Crippen LogP) is 4.39. The van der Waals surface area contributed by atoms with Crippen molar-refractivity contribution in [2.75, 3.05) is 13.2 Å². The molecule has 2 nitrogen and oxygen atoms in total. The molecule has 1 aliphatic rings. The smallest absolute Gasteiger partial charge is 0.119 e. The molecule has 0 radical (unpaired) electrons. The molecule has 0 aromatic heterocycles. The maximum atomic E-state index is 5.72. The third kappa shape index (κ3) is 5.53. The Morgan fingerprint density at radius 3 is 2.74 bits per heavy atom. The molecule has 2 unspecified atom stereocenters. The normalized spacial score (nSPS) is 23.9. The molecule has 0 amide bonds. The van der Waals surface area contributed by atoms with Gasteiger partial charge in [0.05, 0.1) is 0 Å². The molecule has 1 N–H and O–H groups in total. The van der Waals surface area contributed by atoms with Crippen LogP contribution in [0.2, 0.25) is 0 Å². The molecule has 0 heterocycles. The second kappa shape index (κ2) is 7.91. The lowest BCUT2D eigenvalue weighted by molar-refractivity contribution is 0.300. The molecule has 0 bridgehead atoms. The molecule has 0 saturated heterocycles. The van der Waals surface area contributed by atoms with Crippen molar-refractivity contribution in [2.24, 2.45) is 5.92 Å². The van der Waals surface area contributed by atoms with Gasteiger partial charge in [-0.1, -0.05) is 35.7 Å². The zero-order chi connectivity index (χ0) is 13.5. The standard InChI is InChI=1S/C16H24BrNO/c1-13-3-2-4-15(8-5-13)18-11-12-19-16-9-6-14(17)7-10-16/h6-7,9-10,13,15,18H,2-5,8,11-12H2,1H3. The average Bonchev–Trinajstić information content (AvgIpc) is 2.62. The summed E-state index contributed by atoms with van der Waals surface area (Å²) < 4.78 is 6.81. The lowest BCUT2D eigenvalue weighted by atomic mass is 10.0. The largest absolute Gasteiger partial charge is 0.492 e. The van der Waals surface area contributed by atoms with Crippen molar-refractivity contribution in [3.63, 3.8) is 0 Å². The number of benzene rings is 1. The third-order valence-corrected chi connectivity index (χ3v) is 4.40. The third-order valence-electron chi connectivity index (χ3n) is 3.87. The molecule has 1 aromatic carbocycles. The van der Waals surface area contributed by atoms with Crippen molar-refractivity contribution < 1.29 is 4.74 Å². The lowest BCUT2D eigenvalue weighted by Crippen LogP contribution is -2.32. The number of nitrogens with one attached hydrogen (secondary N) is 1. The monoisotopic (exact) mass is 325 g/mol. The molecule has 0 spiro atoms. The molecule has 1 aromatic rings. The van der Waals surface area contributed by atoms with Crippen molar-refractivity contribution in [2.45, 2.75) is 45.1 Å². The second-order valence-corrected chi connectivity index (χ2v) is 6.48. The van der Waals surface area contributed by atoms with Crippen LogP contribution in [-0.2, 0) is 0 Å². The van der Waals surface area contributed by atoms with Crippen LogP contribution in [0.5, 0.6) is 5.75 Å². The van der Waals surface area contributed by atoms with Gasteiger partial charge >= 0.3 is 0 Å². The molecule has 106 valence electrons. The van der Waals surface area contributed by atoms with E-state index in [1.165, 1.54) is 32.1 Å². The highest BCUT2D eigenvalue weighted by Gasteiger charge is 2.15. The van der Waals surface area contributed by atoms with Crippen LogP contribution in [0.1, 0.15) is 39.0 Å². The van der Waals surface area contributed by atoms with Gasteiger partial charge < -0.3 is 10.1 Å². The Morgan fingerprint density at radius 2 is 1.95 bits per heavy atom. The zero-order valence-corrected chi connectivity index (χ0v) is 13.3. The summed E-state index contributed by atoms with van der Waals surface area (Å²) >= 11 is 3.42. The van der Waals surface area contributed by atoms with E-state index in [0.29, 0.717) is 6.04 Å². The van der Waals surface area contributed by atoms with Gasteiger partial charge in [-0.05, 0) is 49.4 Å². The molecule has 3 heteroatoms. The molecule has 0 aliphatic heterocycles. The summed E-state index contributed by atoms with van der Waals surface area (Å²) in [6.07, 6.45) is 6.77. The molecule has 19 heavy (non-hydrogen) atoms. The number of hydrogen-bond acceptors (Lipinski definition) is 2. The fraction of sp³-hybridized carbons (Fsp3) is 0.625. The Kier molecular flexibility index (Phi) is 6.18. The summed E-state index contributed by atoms with van der Waals surface area (Å²) in [5.41, 5.74) is 0. The molecule has 2 rings (SSSR count). The number of halogens is 1. The van der Waals surface area contributed by atoms with Gasteiger partial charge in [0.25, 0.3) is 0 Å². The van der Waals surface area contributed by atoms with Crippen LogP contribution in [0.4, 0.5) is 0 Å². The van der Waals surface area contributed by atoms with Crippen molar-refractivity contribution in [1.82, 2.24) is 5.32 Å². The van der Waals surface area contributed by atoms with Crippen LogP contribution >= 0.6 is 15.9 Å². The first-order chi connectivity index (χ1) is 9.24. The van der Waals surface area contributed by atoms with Crippen LogP contribution in [0, 0.1) is 5.92 Å². The van der Waals surface area contributed by atoms with Crippen molar-refractivity contribution >= 4 is 15.9 Å². The summed E-state index contributed by atoms with van der Waals surface area (Å²) in [7, 11) is 0. The first-order valence-electron chi connectivity index (χ1n) is 7.36. The summed E-state index contributed by atoms with van der Waals surface area (Å²) in [4.78, 5) is 0. The van der Waals surface area contributed by atoms with Gasteiger partial charge in [-0.2, -0.15) is 0 Å². The molecular formula is C16H24BrNO. The summed E-state index contributed by atoms with van der Waals surface area (Å²) in [6.45, 7) is 4.06. The van der Waals surface area contributed by atoms with E-state index in [0.717, 1.165) is 29.3 Å².